The summed E-state index contributed by atoms with van der Waals surface area (Å²) in [5.74, 6) is -0.260. The standard InChI is InChI=1S/C27H33BrO2/c1-6-30-25(29)22(20-10-8-11-21(28)18-20)12-7-9-19-13-14-23-24(17-19)27(4,5)16-15-26(23,2)3/h8,10-14,17-18H,6-7,9,15-16H2,1-5H3/b22-12+. The molecular weight excluding hydrogens is 436 g/mol. The lowest BCUT2D eigenvalue weighted by molar-refractivity contribution is -0.136. The Bertz CT molecular complexity index is 953. The molecule has 0 saturated carbocycles. The normalized spacial score (nSPS) is 17.3. The maximum absolute atomic E-state index is 12.5. The van der Waals surface area contributed by atoms with Crippen LogP contribution in [0.3, 0.4) is 0 Å². The van der Waals surface area contributed by atoms with Gasteiger partial charge in [0.2, 0.25) is 0 Å². The first-order chi connectivity index (χ1) is 14.1. The first-order valence-electron chi connectivity index (χ1n) is 10.9. The molecule has 1 aliphatic carbocycles. The van der Waals surface area contributed by atoms with Crippen LogP contribution in [-0.2, 0) is 26.8 Å². The number of benzene rings is 2. The van der Waals surface area contributed by atoms with Crippen LogP contribution in [0.2, 0.25) is 0 Å². The fraction of sp³-hybridized carbons (Fsp3) is 0.444. The molecule has 0 heterocycles. The largest absolute Gasteiger partial charge is 0.462 e. The molecule has 2 aromatic rings. The Morgan fingerprint density at radius 2 is 1.73 bits per heavy atom. The summed E-state index contributed by atoms with van der Waals surface area (Å²) in [6.07, 6.45) is 6.16. The van der Waals surface area contributed by atoms with E-state index in [0.29, 0.717) is 12.2 Å². The number of esters is 1. The van der Waals surface area contributed by atoms with E-state index < -0.39 is 0 Å². The van der Waals surface area contributed by atoms with Crippen LogP contribution in [0, 0.1) is 0 Å². The SMILES string of the molecule is CCOC(=O)/C(=C/CCc1ccc2c(c1)C(C)(C)CCC2(C)C)c1cccc(Br)c1. The zero-order chi connectivity index (χ0) is 21.9. The van der Waals surface area contributed by atoms with Gasteiger partial charge in [0.15, 0.2) is 0 Å². The van der Waals surface area contributed by atoms with Gasteiger partial charge in [0.1, 0.15) is 0 Å². The van der Waals surface area contributed by atoms with Crippen LogP contribution in [0.4, 0.5) is 0 Å². The minimum absolute atomic E-state index is 0.211. The van der Waals surface area contributed by atoms with Crippen LogP contribution in [0.15, 0.2) is 53.0 Å². The fourth-order valence-corrected chi connectivity index (χ4v) is 4.76. The highest BCUT2D eigenvalue weighted by Gasteiger charge is 2.36. The van der Waals surface area contributed by atoms with E-state index in [4.69, 9.17) is 4.74 Å². The van der Waals surface area contributed by atoms with E-state index in [0.717, 1.165) is 22.9 Å². The first kappa shape index (κ1) is 22.8. The van der Waals surface area contributed by atoms with Crippen molar-refractivity contribution < 1.29 is 9.53 Å². The van der Waals surface area contributed by atoms with Gasteiger partial charge in [0.25, 0.3) is 0 Å². The first-order valence-corrected chi connectivity index (χ1v) is 11.7. The van der Waals surface area contributed by atoms with Crippen LogP contribution in [0.5, 0.6) is 0 Å². The molecule has 2 aromatic carbocycles. The molecule has 0 aliphatic heterocycles. The molecule has 2 nitrogen and oxygen atoms in total. The Kier molecular flexibility index (Phi) is 6.91. The van der Waals surface area contributed by atoms with E-state index in [-0.39, 0.29) is 16.8 Å². The van der Waals surface area contributed by atoms with Gasteiger partial charge in [-0.3, -0.25) is 0 Å². The van der Waals surface area contributed by atoms with Gasteiger partial charge in [-0.1, -0.05) is 80.0 Å². The van der Waals surface area contributed by atoms with E-state index in [1.54, 1.807) is 0 Å². The Morgan fingerprint density at radius 1 is 1.03 bits per heavy atom. The van der Waals surface area contributed by atoms with Crippen molar-refractivity contribution in [3.05, 3.63) is 75.3 Å². The topological polar surface area (TPSA) is 26.3 Å². The number of halogens is 1. The summed E-state index contributed by atoms with van der Waals surface area (Å²) >= 11 is 3.50. The Labute approximate surface area is 189 Å². The van der Waals surface area contributed by atoms with Crippen LogP contribution in [0.25, 0.3) is 5.57 Å². The monoisotopic (exact) mass is 468 g/mol. The third kappa shape index (κ3) is 5.06. The van der Waals surface area contributed by atoms with Crippen molar-refractivity contribution in [2.75, 3.05) is 6.61 Å². The molecular formula is C27H33BrO2. The van der Waals surface area contributed by atoms with Gasteiger partial charge >= 0.3 is 5.97 Å². The molecule has 0 unspecified atom stereocenters. The number of hydrogen-bond acceptors (Lipinski definition) is 2. The quantitative estimate of drug-likeness (QED) is 0.326. The molecule has 0 amide bonds. The molecule has 3 rings (SSSR count). The maximum atomic E-state index is 12.5. The van der Waals surface area contributed by atoms with Crippen molar-refractivity contribution in [3.8, 4) is 0 Å². The summed E-state index contributed by atoms with van der Waals surface area (Å²) in [5.41, 5.74) is 6.27. The van der Waals surface area contributed by atoms with E-state index in [2.05, 4.69) is 61.8 Å². The predicted octanol–water partition coefficient (Wildman–Crippen LogP) is 7.38. The van der Waals surface area contributed by atoms with Crippen LogP contribution in [0.1, 0.15) is 76.1 Å². The van der Waals surface area contributed by atoms with Crippen LogP contribution < -0.4 is 0 Å². The number of aryl methyl sites for hydroxylation is 1. The summed E-state index contributed by atoms with van der Waals surface area (Å²) in [7, 11) is 0. The summed E-state index contributed by atoms with van der Waals surface area (Å²) in [6.45, 7) is 11.6. The second-order valence-electron chi connectivity index (χ2n) is 9.53. The Balaban J connectivity index is 1.84. The number of ether oxygens (including phenoxy) is 1. The van der Waals surface area contributed by atoms with Gasteiger partial charge < -0.3 is 4.74 Å². The molecule has 0 aromatic heterocycles. The van der Waals surface area contributed by atoms with Gasteiger partial charge in [-0.15, -0.1) is 0 Å². The van der Waals surface area contributed by atoms with Crippen molar-refractivity contribution in [2.45, 2.75) is 71.1 Å². The minimum atomic E-state index is -0.260. The van der Waals surface area contributed by atoms with Gasteiger partial charge in [-0.25, -0.2) is 4.79 Å². The highest BCUT2D eigenvalue weighted by atomic mass is 79.9. The number of allylic oxidation sites excluding steroid dienone is 1. The third-order valence-electron chi connectivity index (χ3n) is 6.33. The van der Waals surface area contributed by atoms with Gasteiger partial charge in [0, 0.05) is 4.47 Å². The molecule has 3 heteroatoms. The average Bonchev–Trinajstić information content (AvgIpc) is 2.69. The fourth-order valence-electron chi connectivity index (χ4n) is 4.36. The smallest absolute Gasteiger partial charge is 0.338 e. The second-order valence-corrected chi connectivity index (χ2v) is 10.5. The van der Waals surface area contributed by atoms with E-state index in [1.807, 2.05) is 37.3 Å². The number of rotatable bonds is 6. The molecule has 0 bridgehead atoms. The summed E-state index contributed by atoms with van der Waals surface area (Å²) in [4.78, 5) is 12.5. The molecule has 0 radical (unpaired) electrons. The lowest BCUT2D eigenvalue weighted by Gasteiger charge is -2.42. The molecule has 0 saturated heterocycles. The number of fused-ring (bicyclic) bond motifs is 1. The lowest BCUT2D eigenvalue weighted by atomic mass is 9.63. The van der Waals surface area contributed by atoms with E-state index in [1.165, 1.54) is 29.5 Å². The molecule has 0 N–H and O–H groups in total. The number of carbonyl (C=O) groups is 1. The number of hydrogen-bond donors (Lipinski definition) is 0. The predicted molar refractivity (Wildman–Crippen MR) is 129 cm³/mol. The second kappa shape index (κ2) is 9.09. The highest BCUT2D eigenvalue weighted by molar-refractivity contribution is 9.10. The van der Waals surface area contributed by atoms with Crippen LogP contribution >= 0.6 is 15.9 Å². The average molecular weight is 469 g/mol. The molecule has 1 aliphatic rings. The van der Waals surface area contributed by atoms with E-state index >= 15 is 0 Å². The maximum Gasteiger partial charge on any atom is 0.338 e. The van der Waals surface area contributed by atoms with Gasteiger partial charge in [0.05, 0.1) is 12.2 Å². The summed E-state index contributed by atoms with van der Waals surface area (Å²) in [5, 5.41) is 0. The van der Waals surface area contributed by atoms with E-state index in [9.17, 15) is 4.79 Å². The zero-order valence-electron chi connectivity index (χ0n) is 18.8. The van der Waals surface area contributed by atoms with Gasteiger partial charge in [-0.05, 0) is 77.8 Å². The Hall–Kier alpha value is -1.87. The number of carbonyl (C=O) groups excluding carboxylic acids is 1. The minimum Gasteiger partial charge on any atom is -0.462 e. The molecule has 160 valence electrons. The lowest BCUT2D eigenvalue weighted by Crippen LogP contribution is -2.33. The van der Waals surface area contributed by atoms with Crippen molar-refractivity contribution in [3.63, 3.8) is 0 Å². The van der Waals surface area contributed by atoms with Crippen molar-refractivity contribution >= 4 is 27.5 Å². The Morgan fingerprint density at radius 3 is 2.40 bits per heavy atom. The van der Waals surface area contributed by atoms with Crippen molar-refractivity contribution in [2.24, 2.45) is 0 Å². The summed E-state index contributed by atoms with van der Waals surface area (Å²) < 4.78 is 6.26. The zero-order valence-corrected chi connectivity index (χ0v) is 20.4. The highest BCUT2D eigenvalue weighted by Crippen LogP contribution is 2.46. The molecule has 0 atom stereocenters. The van der Waals surface area contributed by atoms with Crippen molar-refractivity contribution in [1.82, 2.24) is 0 Å². The molecule has 0 spiro atoms. The van der Waals surface area contributed by atoms with Crippen molar-refractivity contribution in [1.29, 1.82) is 0 Å². The third-order valence-corrected chi connectivity index (χ3v) is 6.82. The summed E-state index contributed by atoms with van der Waals surface area (Å²) in [6, 6.07) is 14.8. The van der Waals surface area contributed by atoms with Gasteiger partial charge in [-0.2, -0.15) is 0 Å². The van der Waals surface area contributed by atoms with Crippen LogP contribution in [-0.4, -0.2) is 12.6 Å². The molecule has 30 heavy (non-hydrogen) atoms. The molecule has 0 fully saturated rings.